The number of hydrogen-bond donors (Lipinski definition) is 0. The van der Waals surface area contributed by atoms with E-state index >= 15 is 0 Å². The average Bonchev–Trinajstić information content (AvgIpc) is 2.76. The number of thiazole rings is 1. The Bertz CT molecular complexity index is 447. The van der Waals surface area contributed by atoms with Crippen LogP contribution < -0.4 is 0 Å². The lowest BCUT2D eigenvalue weighted by molar-refractivity contribution is 0.109. The van der Waals surface area contributed by atoms with E-state index in [-0.39, 0.29) is 0 Å². The minimum atomic E-state index is 0.348. The van der Waals surface area contributed by atoms with E-state index in [9.17, 15) is 4.79 Å². The molecule has 0 amide bonds. The van der Waals surface area contributed by atoms with Crippen LogP contribution in [0.5, 0.6) is 0 Å². The van der Waals surface area contributed by atoms with Gasteiger partial charge in [-0.3, -0.25) is 4.79 Å². The van der Waals surface area contributed by atoms with Crippen LogP contribution in [0.2, 0.25) is 0 Å². The highest BCUT2D eigenvalue weighted by Gasteiger charge is 2.05. The van der Waals surface area contributed by atoms with Crippen LogP contribution in [0.3, 0.4) is 0 Å². The molecule has 2 aromatic heterocycles. The standard InChI is InChI=1S/C9H7NO2S2/c1-6-5-13-9(10-6)14-8-3-2-7(4-11)12-8/h2-5H,1H3. The van der Waals surface area contributed by atoms with E-state index in [1.165, 1.54) is 11.8 Å². The molecule has 0 unspecified atom stereocenters. The second-order valence-corrected chi connectivity index (χ2v) is 4.74. The maximum atomic E-state index is 10.4. The smallest absolute Gasteiger partial charge is 0.185 e. The lowest BCUT2D eigenvalue weighted by Crippen LogP contribution is -1.70. The Labute approximate surface area is 89.2 Å². The second-order valence-electron chi connectivity index (χ2n) is 2.63. The Balaban J connectivity index is 2.14. The minimum absolute atomic E-state index is 0.348. The zero-order valence-electron chi connectivity index (χ0n) is 7.39. The maximum absolute atomic E-state index is 10.4. The Morgan fingerprint density at radius 2 is 2.43 bits per heavy atom. The number of carbonyl (C=O) groups is 1. The van der Waals surface area contributed by atoms with Crippen molar-refractivity contribution in [2.75, 3.05) is 0 Å². The first-order valence-electron chi connectivity index (χ1n) is 3.93. The van der Waals surface area contributed by atoms with Crippen molar-refractivity contribution in [3.05, 3.63) is 29.0 Å². The predicted octanol–water partition coefficient (Wildman–Crippen LogP) is 3.01. The van der Waals surface area contributed by atoms with Crippen molar-refractivity contribution in [2.45, 2.75) is 16.4 Å². The zero-order chi connectivity index (χ0) is 9.97. The normalized spacial score (nSPS) is 10.4. The zero-order valence-corrected chi connectivity index (χ0v) is 9.02. The molecule has 0 spiro atoms. The molecule has 0 radical (unpaired) electrons. The van der Waals surface area contributed by atoms with Crippen molar-refractivity contribution in [1.82, 2.24) is 4.98 Å². The van der Waals surface area contributed by atoms with Crippen molar-refractivity contribution in [1.29, 1.82) is 0 Å². The van der Waals surface area contributed by atoms with Gasteiger partial charge in [0.25, 0.3) is 0 Å². The van der Waals surface area contributed by atoms with Crippen molar-refractivity contribution < 1.29 is 9.21 Å². The van der Waals surface area contributed by atoms with Gasteiger partial charge in [-0.15, -0.1) is 11.3 Å². The molecular weight excluding hydrogens is 218 g/mol. The van der Waals surface area contributed by atoms with Crippen molar-refractivity contribution in [3.8, 4) is 0 Å². The molecule has 0 N–H and O–H groups in total. The molecule has 0 aromatic carbocycles. The summed E-state index contributed by atoms with van der Waals surface area (Å²) in [7, 11) is 0. The monoisotopic (exact) mass is 225 g/mol. The van der Waals surface area contributed by atoms with Gasteiger partial charge in [0.2, 0.25) is 0 Å². The third-order valence-electron chi connectivity index (χ3n) is 1.50. The van der Waals surface area contributed by atoms with Crippen LogP contribution in [-0.2, 0) is 0 Å². The number of aromatic nitrogens is 1. The van der Waals surface area contributed by atoms with Gasteiger partial charge in [0.05, 0.1) is 0 Å². The van der Waals surface area contributed by atoms with E-state index in [4.69, 9.17) is 4.42 Å². The van der Waals surface area contributed by atoms with Gasteiger partial charge in [0, 0.05) is 11.1 Å². The Kier molecular flexibility index (Phi) is 2.69. The molecule has 0 atom stereocenters. The first-order chi connectivity index (χ1) is 6.78. The van der Waals surface area contributed by atoms with Gasteiger partial charge in [-0.1, -0.05) is 0 Å². The van der Waals surface area contributed by atoms with Gasteiger partial charge in [0.1, 0.15) is 0 Å². The molecule has 0 aliphatic rings. The first kappa shape index (κ1) is 9.48. The summed E-state index contributed by atoms with van der Waals surface area (Å²) in [6, 6.07) is 3.42. The summed E-state index contributed by atoms with van der Waals surface area (Å²) in [5.41, 5.74) is 1.000. The number of carbonyl (C=O) groups excluding carboxylic acids is 1. The summed E-state index contributed by atoms with van der Waals surface area (Å²) in [6.07, 6.45) is 0.692. The average molecular weight is 225 g/mol. The Morgan fingerprint density at radius 3 is 3.00 bits per heavy atom. The molecule has 5 heteroatoms. The van der Waals surface area contributed by atoms with Crippen LogP contribution in [0, 0.1) is 6.92 Å². The molecular formula is C9H7NO2S2. The topological polar surface area (TPSA) is 43.1 Å². The van der Waals surface area contributed by atoms with E-state index in [2.05, 4.69) is 4.98 Å². The van der Waals surface area contributed by atoms with Crippen LogP contribution in [0.1, 0.15) is 16.2 Å². The highest BCUT2D eigenvalue weighted by atomic mass is 32.2. The third kappa shape index (κ3) is 2.05. The summed E-state index contributed by atoms with van der Waals surface area (Å²) in [5, 5.41) is 2.67. The maximum Gasteiger partial charge on any atom is 0.185 e. The molecule has 0 fully saturated rings. The number of hydrogen-bond acceptors (Lipinski definition) is 5. The fourth-order valence-electron chi connectivity index (χ4n) is 0.918. The number of furan rings is 1. The fourth-order valence-corrected chi connectivity index (χ4v) is 2.66. The molecule has 14 heavy (non-hydrogen) atoms. The SMILES string of the molecule is Cc1csc(Sc2ccc(C=O)o2)n1. The van der Waals surface area contributed by atoms with Crippen LogP contribution in [0.4, 0.5) is 0 Å². The predicted molar refractivity (Wildman–Crippen MR) is 55.1 cm³/mol. The van der Waals surface area contributed by atoms with Gasteiger partial charge in [-0.05, 0) is 30.8 Å². The molecule has 3 nitrogen and oxygen atoms in total. The van der Waals surface area contributed by atoms with Crippen molar-refractivity contribution in [2.24, 2.45) is 0 Å². The van der Waals surface area contributed by atoms with Crippen LogP contribution in [-0.4, -0.2) is 11.3 Å². The first-order valence-corrected chi connectivity index (χ1v) is 5.62. The lowest BCUT2D eigenvalue weighted by atomic mass is 10.5. The molecule has 0 aliphatic heterocycles. The molecule has 2 aromatic rings. The number of aryl methyl sites for hydroxylation is 1. The van der Waals surface area contributed by atoms with Gasteiger partial charge < -0.3 is 4.42 Å². The Morgan fingerprint density at radius 1 is 1.57 bits per heavy atom. The van der Waals surface area contributed by atoms with Crippen molar-refractivity contribution in [3.63, 3.8) is 0 Å². The molecule has 0 saturated heterocycles. The largest absolute Gasteiger partial charge is 0.447 e. The Hall–Kier alpha value is -1.07. The van der Waals surface area contributed by atoms with E-state index in [1.54, 1.807) is 23.5 Å². The summed E-state index contributed by atoms with van der Waals surface area (Å²) >= 11 is 2.99. The molecule has 2 rings (SSSR count). The van der Waals surface area contributed by atoms with Crippen LogP contribution in [0.15, 0.2) is 31.4 Å². The van der Waals surface area contributed by atoms with Gasteiger partial charge in [-0.2, -0.15) is 0 Å². The van der Waals surface area contributed by atoms with E-state index in [0.717, 1.165) is 10.0 Å². The van der Waals surface area contributed by atoms with E-state index in [0.29, 0.717) is 17.1 Å². The second kappa shape index (κ2) is 3.98. The molecule has 2 heterocycles. The quantitative estimate of drug-likeness (QED) is 0.753. The highest BCUT2D eigenvalue weighted by molar-refractivity contribution is 8.00. The summed E-state index contributed by atoms with van der Waals surface area (Å²) in [6.45, 7) is 1.94. The summed E-state index contributed by atoms with van der Waals surface area (Å²) < 4.78 is 6.13. The molecule has 0 bridgehead atoms. The van der Waals surface area contributed by atoms with Crippen molar-refractivity contribution >= 4 is 29.4 Å². The van der Waals surface area contributed by atoms with Gasteiger partial charge in [-0.25, -0.2) is 4.98 Å². The molecule has 72 valence electrons. The van der Waals surface area contributed by atoms with Crippen LogP contribution in [0.25, 0.3) is 0 Å². The number of aldehydes is 1. The fraction of sp³-hybridized carbons (Fsp3) is 0.111. The summed E-state index contributed by atoms with van der Waals surface area (Å²) in [5.74, 6) is 0.348. The molecule has 0 saturated carbocycles. The number of nitrogens with zero attached hydrogens (tertiary/aromatic N) is 1. The minimum Gasteiger partial charge on any atom is -0.447 e. The van der Waals surface area contributed by atoms with Gasteiger partial charge in [0.15, 0.2) is 21.5 Å². The summed E-state index contributed by atoms with van der Waals surface area (Å²) in [4.78, 5) is 14.6. The van der Waals surface area contributed by atoms with E-state index in [1.807, 2.05) is 12.3 Å². The number of rotatable bonds is 3. The van der Waals surface area contributed by atoms with Crippen LogP contribution >= 0.6 is 23.1 Å². The highest BCUT2D eigenvalue weighted by Crippen LogP contribution is 2.31. The van der Waals surface area contributed by atoms with E-state index < -0.39 is 0 Å². The molecule has 0 aliphatic carbocycles. The van der Waals surface area contributed by atoms with Gasteiger partial charge >= 0.3 is 0 Å². The lowest BCUT2D eigenvalue weighted by Gasteiger charge is -1.89. The third-order valence-corrected chi connectivity index (χ3v) is 3.48.